The molecule has 0 aliphatic carbocycles. The number of nitrogens with two attached hydrogens (primary N) is 1. The van der Waals surface area contributed by atoms with Crippen molar-refractivity contribution in [2.45, 2.75) is 38.1 Å². The van der Waals surface area contributed by atoms with E-state index in [1.54, 1.807) is 24.3 Å². The number of nitrogen functional groups attached to an aromatic ring is 1. The van der Waals surface area contributed by atoms with E-state index in [4.69, 9.17) is 5.73 Å². The zero-order valence-corrected chi connectivity index (χ0v) is 17.1. The molecule has 148 valence electrons. The number of nitrogens with zero attached hydrogens (tertiary/aromatic N) is 1. The highest BCUT2D eigenvalue weighted by Crippen LogP contribution is 2.15. The molecule has 0 saturated heterocycles. The summed E-state index contributed by atoms with van der Waals surface area (Å²) >= 11 is 0. The molecular weight excluding hydrogens is 388 g/mol. The molecule has 9 heteroatoms. The summed E-state index contributed by atoms with van der Waals surface area (Å²) in [6.07, 6.45) is 1.79. The first-order valence-corrected chi connectivity index (χ1v) is 9.77. The third-order valence-electron chi connectivity index (χ3n) is 3.71. The fourth-order valence-electron chi connectivity index (χ4n) is 2.36. The number of pyridine rings is 1. The van der Waals surface area contributed by atoms with Gasteiger partial charge in [0.25, 0.3) is 0 Å². The number of hydrogen-bond acceptors (Lipinski definition) is 5. The van der Waals surface area contributed by atoms with E-state index in [0.29, 0.717) is 17.9 Å². The molecule has 2 aromatic rings. The van der Waals surface area contributed by atoms with Crippen LogP contribution in [0.2, 0.25) is 0 Å². The van der Waals surface area contributed by atoms with Gasteiger partial charge in [-0.15, -0.1) is 12.4 Å². The number of anilines is 2. The number of rotatable bonds is 7. The van der Waals surface area contributed by atoms with Crippen LogP contribution in [0.15, 0.2) is 47.5 Å². The van der Waals surface area contributed by atoms with Gasteiger partial charge in [0.05, 0.1) is 16.8 Å². The second-order valence-electron chi connectivity index (χ2n) is 6.58. The molecule has 1 unspecified atom stereocenters. The summed E-state index contributed by atoms with van der Waals surface area (Å²) in [5, 5.41) is 2.67. The van der Waals surface area contributed by atoms with Crippen molar-refractivity contribution in [3.8, 4) is 0 Å². The lowest BCUT2D eigenvalue weighted by atomic mass is 10.0. The number of carbonyl (C=O) groups excluding carboxylic acids is 1. The van der Waals surface area contributed by atoms with Crippen molar-refractivity contribution >= 4 is 39.8 Å². The van der Waals surface area contributed by atoms with Crippen LogP contribution < -0.4 is 15.8 Å². The van der Waals surface area contributed by atoms with Crippen molar-refractivity contribution in [2.75, 3.05) is 11.1 Å². The van der Waals surface area contributed by atoms with E-state index in [0.717, 1.165) is 5.56 Å². The predicted molar refractivity (Wildman–Crippen MR) is 109 cm³/mol. The quantitative estimate of drug-likeness (QED) is 0.646. The maximum Gasteiger partial charge on any atom is 0.242 e. The third-order valence-corrected chi connectivity index (χ3v) is 5.19. The monoisotopic (exact) mass is 412 g/mol. The largest absolute Gasteiger partial charge is 0.384 e. The minimum absolute atomic E-state index is 0. The number of hydrogen-bond donors (Lipinski definition) is 3. The number of aryl methyl sites for hydroxylation is 1. The maximum atomic E-state index is 12.6. The molecule has 2 rings (SSSR count). The van der Waals surface area contributed by atoms with Crippen LogP contribution >= 0.6 is 12.4 Å². The number of sulfonamides is 1. The Hall–Kier alpha value is -2.16. The van der Waals surface area contributed by atoms with E-state index >= 15 is 0 Å². The van der Waals surface area contributed by atoms with Crippen LogP contribution in [-0.2, 0) is 14.8 Å². The molecule has 0 aliphatic rings. The van der Waals surface area contributed by atoms with Crippen molar-refractivity contribution in [1.29, 1.82) is 0 Å². The lowest BCUT2D eigenvalue weighted by molar-refractivity contribution is -0.118. The van der Waals surface area contributed by atoms with Crippen molar-refractivity contribution in [2.24, 2.45) is 5.92 Å². The average Bonchev–Trinajstić information content (AvgIpc) is 2.56. The van der Waals surface area contributed by atoms with Gasteiger partial charge in [-0.25, -0.2) is 13.4 Å². The molecule has 0 bridgehead atoms. The minimum atomic E-state index is -3.81. The molecule has 0 saturated carbocycles. The van der Waals surface area contributed by atoms with Gasteiger partial charge in [0, 0.05) is 0 Å². The maximum absolute atomic E-state index is 12.6. The van der Waals surface area contributed by atoms with Gasteiger partial charge in [-0.05, 0) is 43.5 Å². The SMILES string of the molecule is Cc1ccc(S(=O)(=O)NC(CC(C)C)C(=O)Nc2ccc(N)nc2)cc1.Cl. The summed E-state index contributed by atoms with van der Waals surface area (Å²) in [4.78, 5) is 16.6. The van der Waals surface area contributed by atoms with Gasteiger partial charge < -0.3 is 11.1 Å². The van der Waals surface area contributed by atoms with Crippen LogP contribution in [0.3, 0.4) is 0 Å². The van der Waals surface area contributed by atoms with Gasteiger partial charge in [0.1, 0.15) is 11.9 Å². The zero-order valence-electron chi connectivity index (χ0n) is 15.5. The van der Waals surface area contributed by atoms with Gasteiger partial charge in [0.15, 0.2) is 0 Å². The van der Waals surface area contributed by atoms with Gasteiger partial charge >= 0.3 is 0 Å². The Bertz CT molecular complexity index is 853. The first kappa shape index (κ1) is 22.9. The number of carbonyl (C=O) groups is 1. The Morgan fingerprint density at radius 1 is 1.15 bits per heavy atom. The van der Waals surface area contributed by atoms with Crippen LogP contribution in [0, 0.1) is 12.8 Å². The molecule has 0 radical (unpaired) electrons. The van der Waals surface area contributed by atoms with Crippen molar-refractivity contribution in [3.63, 3.8) is 0 Å². The van der Waals surface area contributed by atoms with Crippen LogP contribution in [-0.4, -0.2) is 25.4 Å². The van der Waals surface area contributed by atoms with Gasteiger partial charge in [-0.3, -0.25) is 4.79 Å². The summed E-state index contributed by atoms with van der Waals surface area (Å²) in [5.74, 6) is 0.0128. The summed E-state index contributed by atoms with van der Waals surface area (Å²) < 4.78 is 27.7. The Labute approximate surface area is 166 Å². The average molecular weight is 413 g/mol. The predicted octanol–water partition coefficient (Wildman–Crippen LogP) is 2.73. The number of nitrogens with one attached hydrogen (secondary N) is 2. The topological polar surface area (TPSA) is 114 Å². The highest BCUT2D eigenvalue weighted by Gasteiger charge is 2.26. The summed E-state index contributed by atoms with van der Waals surface area (Å²) in [7, 11) is -3.81. The van der Waals surface area contributed by atoms with Crippen LogP contribution in [0.4, 0.5) is 11.5 Å². The van der Waals surface area contributed by atoms with E-state index in [-0.39, 0.29) is 23.2 Å². The molecule has 1 amide bonds. The number of amides is 1. The highest BCUT2D eigenvalue weighted by atomic mass is 35.5. The lowest BCUT2D eigenvalue weighted by Crippen LogP contribution is -2.44. The van der Waals surface area contributed by atoms with Crippen LogP contribution in [0.1, 0.15) is 25.8 Å². The molecule has 1 heterocycles. The van der Waals surface area contributed by atoms with Crippen LogP contribution in [0.25, 0.3) is 0 Å². The molecule has 4 N–H and O–H groups in total. The molecular formula is C18H25ClN4O3S. The molecule has 0 aliphatic heterocycles. The molecule has 0 spiro atoms. The number of benzene rings is 1. The smallest absolute Gasteiger partial charge is 0.242 e. The Morgan fingerprint density at radius 2 is 1.78 bits per heavy atom. The summed E-state index contributed by atoms with van der Waals surface area (Å²) in [6, 6.07) is 8.74. The lowest BCUT2D eigenvalue weighted by Gasteiger charge is -2.20. The summed E-state index contributed by atoms with van der Waals surface area (Å²) in [6.45, 7) is 5.72. The zero-order chi connectivity index (χ0) is 19.3. The van der Waals surface area contributed by atoms with E-state index in [9.17, 15) is 13.2 Å². The molecule has 7 nitrogen and oxygen atoms in total. The van der Waals surface area contributed by atoms with Crippen LogP contribution in [0.5, 0.6) is 0 Å². The molecule has 1 aromatic carbocycles. The molecule has 0 fully saturated rings. The Balaban J connectivity index is 0.00000364. The van der Waals surface area contributed by atoms with E-state index < -0.39 is 22.0 Å². The van der Waals surface area contributed by atoms with E-state index in [2.05, 4.69) is 15.0 Å². The summed E-state index contributed by atoms with van der Waals surface area (Å²) in [5.41, 5.74) is 6.93. The van der Waals surface area contributed by atoms with E-state index in [1.165, 1.54) is 18.3 Å². The minimum Gasteiger partial charge on any atom is -0.384 e. The third kappa shape index (κ3) is 6.82. The second kappa shape index (κ2) is 9.68. The van der Waals surface area contributed by atoms with Crippen molar-refractivity contribution in [1.82, 2.24) is 9.71 Å². The standard InChI is InChI=1S/C18H24N4O3S.ClH/c1-12(2)10-16(18(23)21-14-6-9-17(19)20-11-14)22-26(24,25)15-7-4-13(3)5-8-15;/h4-9,11-12,16,22H,10H2,1-3H3,(H2,19,20)(H,21,23);1H. The Kier molecular flexibility index (Phi) is 8.20. The highest BCUT2D eigenvalue weighted by molar-refractivity contribution is 7.89. The first-order valence-electron chi connectivity index (χ1n) is 8.29. The fourth-order valence-corrected chi connectivity index (χ4v) is 3.57. The normalized spacial score (nSPS) is 12.3. The molecule has 1 atom stereocenters. The van der Waals surface area contributed by atoms with Gasteiger partial charge in [0.2, 0.25) is 15.9 Å². The Morgan fingerprint density at radius 3 is 2.30 bits per heavy atom. The van der Waals surface area contributed by atoms with Gasteiger partial charge in [-0.1, -0.05) is 31.5 Å². The number of aromatic nitrogens is 1. The van der Waals surface area contributed by atoms with Crippen molar-refractivity contribution < 1.29 is 13.2 Å². The molecule has 1 aromatic heterocycles. The second-order valence-corrected chi connectivity index (χ2v) is 8.29. The molecule has 27 heavy (non-hydrogen) atoms. The van der Waals surface area contributed by atoms with E-state index in [1.807, 2.05) is 20.8 Å². The fraction of sp³-hybridized carbons (Fsp3) is 0.333. The number of halogens is 1. The van der Waals surface area contributed by atoms with Crippen molar-refractivity contribution in [3.05, 3.63) is 48.2 Å². The first-order chi connectivity index (χ1) is 12.2. The van der Waals surface area contributed by atoms with Gasteiger partial charge in [-0.2, -0.15) is 4.72 Å².